The highest BCUT2D eigenvalue weighted by molar-refractivity contribution is 7.90. The lowest BCUT2D eigenvalue weighted by Gasteiger charge is -2.11. The predicted octanol–water partition coefficient (Wildman–Crippen LogP) is 7.53. The van der Waals surface area contributed by atoms with Gasteiger partial charge in [-0.3, -0.25) is 9.59 Å². The van der Waals surface area contributed by atoms with E-state index in [2.05, 4.69) is 61.6 Å². The average Bonchev–Trinajstić information content (AvgIpc) is 2.77. The van der Waals surface area contributed by atoms with Crippen LogP contribution < -0.4 is 20.1 Å². The van der Waals surface area contributed by atoms with Gasteiger partial charge in [0.15, 0.2) is 0 Å². The van der Waals surface area contributed by atoms with Gasteiger partial charge in [0.25, 0.3) is 0 Å². The Labute approximate surface area is 295 Å². The molecule has 0 rings (SSSR count). The summed E-state index contributed by atoms with van der Waals surface area (Å²) in [5.74, 6) is 1.34. The topological polar surface area (TPSA) is 151 Å². The van der Waals surface area contributed by atoms with Gasteiger partial charge >= 0.3 is 0 Å². The summed E-state index contributed by atoms with van der Waals surface area (Å²) in [4.78, 5) is 21.8. The van der Waals surface area contributed by atoms with Gasteiger partial charge in [0.2, 0.25) is 26.0 Å². The Kier molecular flexibility index (Phi) is 41.8. The number of Topliss-reactive ketones (excluding diaryl/α,β-unsaturated/α-hetero) is 1. The van der Waals surface area contributed by atoms with E-state index >= 15 is 0 Å². The molecule has 0 aliphatic carbocycles. The Balaban J connectivity index is -0.0000000846. The molecule has 0 aromatic rings. The number of hydrogen-bond donors (Lipinski definition) is 4. The van der Waals surface area contributed by atoms with E-state index in [0.29, 0.717) is 23.8 Å². The summed E-state index contributed by atoms with van der Waals surface area (Å²) < 4.78 is 49.1. The van der Waals surface area contributed by atoms with Crippen LogP contribution in [0.5, 0.6) is 0 Å². The average molecular weight is 721 g/mol. The lowest BCUT2D eigenvalue weighted by molar-refractivity contribution is -0.124. The number of nitrogens with one attached hydrogen (secondary N) is 4. The van der Waals surface area contributed by atoms with Gasteiger partial charge in [0.1, 0.15) is 5.78 Å². The number of amides is 1. The third kappa shape index (κ3) is 49.4. The molecule has 0 unspecified atom stereocenters. The molecule has 0 aromatic heterocycles. The maximum Gasteiger partial charge on any atom is 0.222 e. The van der Waals surface area contributed by atoms with Crippen molar-refractivity contribution < 1.29 is 26.4 Å². The van der Waals surface area contributed by atoms with E-state index in [1.54, 1.807) is 55.4 Å². The van der Waals surface area contributed by atoms with Crippen molar-refractivity contribution in [2.45, 2.75) is 200 Å². The standard InChI is InChI=1S/C8H16O.C7H15NO.2C6H15NO2S.C6H15N.2CH4/c1-6(2)5-8(9)7(3)4;1-5(2)7(9)8-6(3)4;2*1-5(2)7-10(8,9)6(3)4;1-5(2)7-6(3)4;;/h6-7H,5H2,1-4H3;5-6H,1-4H3,(H,8,9);2*5-7H,1-4H3;5-7H,1-4H3;2*1H4. The van der Waals surface area contributed by atoms with Crippen LogP contribution in [-0.2, 0) is 29.6 Å². The van der Waals surface area contributed by atoms with Gasteiger partial charge in [-0.2, -0.15) is 0 Å². The minimum absolute atomic E-state index is 0. The Morgan fingerprint density at radius 3 is 0.830 bits per heavy atom. The van der Waals surface area contributed by atoms with Crippen molar-refractivity contribution in [1.82, 2.24) is 20.1 Å². The van der Waals surface area contributed by atoms with Crippen LogP contribution >= 0.6 is 0 Å². The summed E-state index contributed by atoms with van der Waals surface area (Å²) in [6, 6.07) is 1.50. The Morgan fingerprint density at radius 1 is 0.468 bits per heavy atom. The van der Waals surface area contributed by atoms with Gasteiger partial charge in [-0.05, 0) is 75.2 Å². The molecule has 0 atom stereocenters. The van der Waals surface area contributed by atoms with Crippen LogP contribution in [0, 0.1) is 17.8 Å². The molecule has 12 heteroatoms. The minimum atomic E-state index is -3.05. The summed E-state index contributed by atoms with van der Waals surface area (Å²) in [6.07, 6.45) is 0.734. The van der Waals surface area contributed by atoms with Crippen LogP contribution in [0.3, 0.4) is 0 Å². The van der Waals surface area contributed by atoms with Crippen LogP contribution in [0.1, 0.15) is 160 Å². The molecule has 292 valence electrons. The first kappa shape index (κ1) is 61.2. The van der Waals surface area contributed by atoms with Crippen LogP contribution in [0.25, 0.3) is 0 Å². The predicted molar refractivity (Wildman–Crippen MR) is 209 cm³/mol. The zero-order valence-corrected chi connectivity index (χ0v) is 34.4. The van der Waals surface area contributed by atoms with Crippen molar-refractivity contribution in [3.63, 3.8) is 0 Å². The summed E-state index contributed by atoms with van der Waals surface area (Å²) in [7, 11) is -6.09. The highest BCUT2D eigenvalue weighted by atomic mass is 32.2. The normalized spacial score (nSPS) is 11.3. The van der Waals surface area contributed by atoms with E-state index in [4.69, 9.17) is 0 Å². The quantitative estimate of drug-likeness (QED) is 0.154. The Hall–Kier alpha value is -1.08. The molecule has 4 N–H and O–H groups in total. The maximum atomic E-state index is 11.0. The lowest BCUT2D eigenvalue weighted by Crippen LogP contribution is -2.35. The number of carbonyl (C=O) groups is 2. The fourth-order valence-corrected chi connectivity index (χ4v) is 4.54. The molecular weight excluding hydrogens is 637 g/mol. The van der Waals surface area contributed by atoms with E-state index in [9.17, 15) is 26.4 Å². The molecule has 0 fully saturated rings. The van der Waals surface area contributed by atoms with E-state index in [1.165, 1.54) is 0 Å². The molecule has 0 heterocycles. The van der Waals surface area contributed by atoms with Crippen LogP contribution in [0.4, 0.5) is 0 Å². The van der Waals surface area contributed by atoms with Gasteiger partial charge in [-0.15, -0.1) is 0 Å². The molecule has 0 saturated heterocycles. The highest BCUT2D eigenvalue weighted by Gasteiger charge is 2.16. The van der Waals surface area contributed by atoms with E-state index in [1.807, 2.05) is 41.5 Å². The molecule has 0 radical (unpaired) electrons. The molecule has 0 aliphatic rings. The summed E-state index contributed by atoms with van der Waals surface area (Å²) >= 11 is 0. The largest absolute Gasteiger partial charge is 0.354 e. The monoisotopic (exact) mass is 721 g/mol. The van der Waals surface area contributed by atoms with E-state index in [0.717, 1.165) is 6.42 Å². The zero-order chi connectivity index (χ0) is 37.5. The molecule has 47 heavy (non-hydrogen) atoms. The molecular formula is C35H84N4O6S2. The fourth-order valence-electron chi connectivity index (χ4n) is 2.69. The van der Waals surface area contributed by atoms with E-state index in [-0.39, 0.29) is 61.2 Å². The van der Waals surface area contributed by atoms with Crippen molar-refractivity contribution in [3.05, 3.63) is 0 Å². The smallest absolute Gasteiger partial charge is 0.222 e. The first-order valence-corrected chi connectivity index (χ1v) is 19.6. The third-order valence-electron chi connectivity index (χ3n) is 4.92. The SMILES string of the molecule is C.C.CC(C)CC(=O)C(C)C.CC(C)NC(=O)C(C)C.CC(C)NC(C)C.CC(C)NS(=O)(=O)C(C)C.CC(C)NS(=O)(=O)C(C)C. The van der Waals surface area contributed by atoms with Crippen molar-refractivity contribution in [3.8, 4) is 0 Å². The Morgan fingerprint density at radius 2 is 0.766 bits per heavy atom. The molecule has 10 nitrogen and oxygen atoms in total. The first-order valence-electron chi connectivity index (χ1n) is 16.5. The van der Waals surface area contributed by atoms with Gasteiger partial charge in [-0.1, -0.05) is 84.1 Å². The van der Waals surface area contributed by atoms with Crippen LogP contribution in [0.15, 0.2) is 0 Å². The maximum absolute atomic E-state index is 11.0. The summed E-state index contributed by atoms with van der Waals surface area (Å²) in [5, 5.41) is 5.43. The number of sulfonamides is 2. The second-order valence-electron chi connectivity index (χ2n) is 14.2. The second-order valence-corrected chi connectivity index (χ2v) is 18.8. The molecule has 0 spiro atoms. The minimum Gasteiger partial charge on any atom is -0.354 e. The van der Waals surface area contributed by atoms with Crippen LogP contribution in [-0.4, -0.2) is 69.2 Å². The molecule has 0 aliphatic heterocycles. The fraction of sp³-hybridized carbons (Fsp3) is 0.943. The number of rotatable bonds is 13. The molecule has 0 bridgehead atoms. The number of ketones is 1. The highest BCUT2D eigenvalue weighted by Crippen LogP contribution is 2.06. The van der Waals surface area contributed by atoms with Gasteiger partial charge in [0.05, 0.1) is 10.5 Å². The number of hydrogen-bond acceptors (Lipinski definition) is 7. The second kappa shape index (κ2) is 32.1. The number of carbonyl (C=O) groups excluding carboxylic acids is 2. The zero-order valence-electron chi connectivity index (χ0n) is 32.7. The van der Waals surface area contributed by atoms with Crippen molar-refractivity contribution in [1.29, 1.82) is 0 Å². The molecule has 1 amide bonds. The Bertz CT molecular complexity index is 865. The summed E-state index contributed by atoms with van der Waals surface area (Å²) in [5.41, 5.74) is 0. The molecule has 0 aromatic carbocycles. The third-order valence-corrected chi connectivity index (χ3v) is 9.00. The lowest BCUT2D eigenvalue weighted by atomic mass is 9.99. The van der Waals surface area contributed by atoms with Crippen molar-refractivity contribution >= 4 is 31.7 Å². The molecule has 0 saturated carbocycles. The van der Waals surface area contributed by atoms with Crippen LogP contribution in [0.2, 0.25) is 0 Å². The van der Waals surface area contributed by atoms with Gasteiger partial charge < -0.3 is 10.6 Å². The van der Waals surface area contributed by atoms with E-state index < -0.39 is 20.0 Å². The van der Waals surface area contributed by atoms with Crippen molar-refractivity contribution in [2.75, 3.05) is 0 Å². The van der Waals surface area contributed by atoms with Gasteiger partial charge in [-0.25, -0.2) is 26.3 Å². The summed E-state index contributed by atoms with van der Waals surface area (Å²) in [6.45, 7) is 38.2. The first-order chi connectivity index (χ1) is 19.9. The van der Waals surface area contributed by atoms with Gasteiger partial charge in [0, 0.05) is 48.5 Å². The van der Waals surface area contributed by atoms with Crippen molar-refractivity contribution in [2.24, 2.45) is 17.8 Å².